The second-order valence-corrected chi connectivity index (χ2v) is 4.37. The third kappa shape index (κ3) is 2.01. The topological polar surface area (TPSA) is 50.1 Å². The third-order valence-corrected chi connectivity index (χ3v) is 3.09. The normalized spacial score (nSPS) is 15.1. The number of cyclic esters (lactones) is 1. The molecule has 1 heterocycles. The minimum absolute atomic E-state index is 0.192. The van der Waals surface area contributed by atoms with Crippen molar-refractivity contribution in [3.63, 3.8) is 0 Å². The van der Waals surface area contributed by atoms with Crippen LogP contribution in [0.2, 0.25) is 0 Å². The second kappa shape index (κ2) is 4.74. The number of rotatable bonds is 2. The lowest BCUT2D eigenvalue weighted by Crippen LogP contribution is -1.92. The van der Waals surface area contributed by atoms with Crippen LogP contribution in [0.25, 0.3) is 11.8 Å². The van der Waals surface area contributed by atoms with Crippen molar-refractivity contribution in [2.45, 2.75) is 0 Å². The quantitative estimate of drug-likeness (QED) is 0.668. The summed E-state index contributed by atoms with van der Waals surface area (Å²) in [6, 6.07) is 11.5. The van der Waals surface area contributed by atoms with Crippen LogP contribution >= 0.6 is 0 Å². The van der Waals surface area contributed by atoms with Crippen molar-refractivity contribution in [1.82, 2.24) is 0 Å². The molecular formula is C16H10FNO2. The number of hydrogen-bond donors (Lipinski definition) is 1. The third-order valence-electron chi connectivity index (χ3n) is 3.09. The summed E-state index contributed by atoms with van der Waals surface area (Å²) < 4.78 is 18.5. The standard InChI is InChI=1S/C16H10FNO2/c17-14-6-5-10(7-11(14)9-18)8-15-12-3-1-2-4-13(12)16(19)20-15/h1-9,18H. The SMILES string of the molecule is N=Cc1cc(C=C2OC(=O)c3ccccc32)ccc1F. The van der Waals surface area contributed by atoms with E-state index in [9.17, 15) is 9.18 Å². The zero-order chi connectivity index (χ0) is 14.1. The van der Waals surface area contributed by atoms with E-state index in [1.54, 1.807) is 30.3 Å². The van der Waals surface area contributed by atoms with Crippen molar-refractivity contribution in [2.75, 3.05) is 0 Å². The summed E-state index contributed by atoms with van der Waals surface area (Å²) in [6.45, 7) is 0. The molecule has 0 atom stereocenters. The monoisotopic (exact) mass is 267 g/mol. The molecule has 3 rings (SSSR count). The van der Waals surface area contributed by atoms with Gasteiger partial charge in [0.05, 0.1) is 5.56 Å². The van der Waals surface area contributed by atoms with Gasteiger partial charge in [0, 0.05) is 17.3 Å². The Morgan fingerprint density at radius 2 is 1.85 bits per heavy atom. The summed E-state index contributed by atoms with van der Waals surface area (Å²) in [7, 11) is 0. The van der Waals surface area contributed by atoms with Gasteiger partial charge >= 0.3 is 5.97 Å². The molecule has 0 saturated heterocycles. The number of fused-ring (bicyclic) bond motifs is 1. The molecule has 20 heavy (non-hydrogen) atoms. The van der Waals surface area contributed by atoms with Gasteiger partial charge in [0.15, 0.2) is 0 Å². The van der Waals surface area contributed by atoms with Crippen LogP contribution in [0.4, 0.5) is 4.39 Å². The molecule has 2 aromatic rings. The van der Waals surface area contributed by atoms with Gasteiger partial charge in [-0.2, -0.15) is 0 Å². The molecular weight excluding hydrogens is 257 g/mol. The number of nitrogens with one attached hydrogen (secondary N) is 1. The highest BCUT2D eigenvalue weighted by Crippen LogP contribution is 2.31. The van der Waals surface area contributed by atoms with Crippen LogP contribution < -0.4 is 0 Å². The van der Waals surface area contributed by atoms with Crippen molar-refractivity contribution >= 4 is 24.0 Å². The Balaban J connectivity index is 2.06. The Kier molecular flexibility index (Phi) is 2.91. The lowest BCUT2D eigenvalue weighted by Gasteiger charge is -2.01. The Bertz CT molecular complexity index is 750. The lowest BCUT2D eigenvalue weighted by molar-refractivity contribution is 0.0717. The summed E-state index contributed by atoms with van der Waals surface area (Å²) in [5.74, 6) is -0.402. The predicted molar refractivity (Wildman–Crippen MR) is 74.0 cm³/mol. The van der Waals surface area contributed by atoms with Gasteiger partial charge in [-0.1, -0.05) is 24.3 Å². The molecule has 0 aliphatic carbocycles. The maximum absolute atomic E-state index is 13.3. The number of esters is 1. The molecule has 4 heteroatoms. The number of benzene rings is 2. The molecule has 3 nitrogen and oxygen atoms in total. The van der Waals surface area contributed by atoms with E-state index in [-0.39, 0.29) is 11.5 Å². The maximum Gasteiger partial charge on any atom is 0.344 e. The van der Waals surface area contributed by atoms with Gasteiger partial charge in [0.2, 0.25) is 0 Å². The largest absolute Gasteiger partial charge is 0.422 e. The molecule has 0 radical (unpaired) electrons. The number of halogens is 1. The molecule has 0 fully saturated rings. The molecule has 0 amide bonds. The molecule has 0 spiro atoms. The molecule has 1 aliphatic heterocycles. The molecule has 98 valence electrons. The van der Waals surface area contributed by atoms with Crippen LogP contribution in [0.1, 0.15) is 27.0 Å². The minimum atomic E-state index is -0.453. The Morgan fingerprint density at radius 3 is 2.60 bits per heavy atom. The smallest absolute Gasteiger partial charge is 0.344 e. The van der Waals surface area contributed by atoms with Crippen LogP contribution in [-0.2, 0) is 4.74 Å². The summed E-state index contributed by atoms with van der Waals surface area (Å²) in [5, 5.41) is 7.14. The van der Waals surface area contributed by atoms with Crippen molar-refractivity contribution in [1.29, 1.82) is 5.41 Å². The summed E-state index contributed by atoms with van der Waals surface area (Å²) in [5.41, 5.74) is 2.10. The van der Waals surface area contributed by atoms with Crippen molar-refractivity contribution < 1.29 is 13.9 Å². The van der Waals surface area contributed by atoms with E-state index in [1.165, 1.54) is 12.1 Å². The van der Waals surface area contributed by atoms with E-state index in [2.05, 4.69) is 0 Å². The van der Waals surface area contributed by atoms with Gasteiger partial charge in [-0.3, -0.25) is 0 Å². The van der Waals surface area contributed by atoms with Crippen molar-refractivity contribution in [3.05, 3.63) is 70.5 Å². The van der Waals surface area contributed by atoms with Crippen molar-refractivity contribution in [3.8, 4) is 0 Å². The van der Waals surface area contributed by atoms with Crippen molar-refractivity contribution in [2.24, 2.45) is 0 Å². The van der Waals surface area contributed by atoms with E-state index in [0.29, 0.717) is 16.9 Å². The summed E-state index contributed by atoms with van der Waals surface area (Å²) >= 11 is 0. The first-order chi connectivity index (χ1) is 9.69. The first-order valence-corrected chi connectivity index (χ1v) is 6.02. The summed E-state index contributed by atoms with van der Waals surface area (Å²) in [4.78, 5) is 11.7. The second-order valence-electron chi connectivity index (χ2n) is 4.37. The van der Waals surface area contributed by atoms with Gasteiger partial charge in [-0.15, -0.1) is 0 Å². The Hall–Kier alpha value is -2.75. The first-order valence-electron chi connectivity index (χ1n) is 6.02. The Morgan fingerprint density at radius 1 is 1.10 bits per heavy atom. The maximum atomic E-state index is 13.3. The van der Waals surface area contributed by atoms with Gasteiger partial charge < -0.3 is 10.1 Å². The van der Waals surface area contributed by atoms with E-state index < -0.39 is 5.82 Å². The number of ether oxygens (including phenoxy) is 1. The fourth-order valence-corrected chi connectivity index (χ4v) is 2.11. The highest BCUT2D eigenvalue weighted by Gasteiger charge is 2.25. The average Bonchev–Trinajstić information content (AvgIpc) is 2.78. The minimum Gasteiger partial charge on any atom is -0.422 e. The molecule has 0 aromatic heterocycles. The van der Waals surface area contributed by atoms with E-state index in [4.69, 9.17) is 10.1 Å². The van der Waals surface area contributed by atoms with Crippen LogP contribution in [0, 0.1) is 11.2 Å². The fourth-order valence-electron chi connectivity index (χ4n) is 2.11. The molecule has 1 N–H and O–H groups in total. The van der Waals surface area contributed by atoms with Crippen LogP contribution in [0.3, 0.4) is 0 Å². The molecule has 1 aliphatic rings. The predicted octanol–water partition coefficient (Wildman–Crippen LogP) is 3.49. The van der Waals surface area contributed by atoms with E-state index in [1.807, 2.05) is 6.07 Å². The average molecular weight is 267 g/mol. The lowest BCUT2D eigenvalue weighted by atomic mass is 10.1. The number of hydrogen-bond acceptors (Lipinski definition) is 3. The Labute approximate surface area is 114 Å². The van der Waals surface area contributed by atoms with Crippen LogP contribution in [0.5, 0.6) is 0 Å². The van der Waals surface area contributed by atoms with Crippen LogP contribution in [-0.4, -0.2) is 12.2 Å². The zero-order valence-corrected chi connectivity index (χ0v) is 10.4. The van der Waals surface area contributed by atoms with Gasteiger partial charge in [-0.05, 0) is 29.8 Å². The van der Waals surface area contributed by atoms with E-state index >= 15 is 0 Å². The molecule has 0 unspecified atom stereocenters. The first kappa shape index (κ1) is 12.3. The molecule has 2 aromatic carbocycles. The number of carbonyl (C=O) groups is 1. The highest BCUT2D eigenvalue weighted by molar-refractivity contribution is 6.05. The van der Waals surface area contributed by atoms with Gasteiger partial charge in [0.1, 0.15) is 11.6 Å². The van der Waals surface area contributed by atoms with E-state index in [0.717, 1.165) is 11.8 Å². The highest BCUT2D eigenvalue weighted by atomic mass is 19.1. The number of carbonyl (C=O) groups excluding carboxylic acids is 1. The van der Waals surface area contributed by atoms with Gasteiger partial charge in [-0.25, -0.2) is 9.18 Å². The summed E-state index contributed by atoms with van der Waals surface area (Å²) in [6.07, 6.45) is 2.61. The van der Waals surface area contributed by atoms with Crippen LogP contribution in [0.15, 0.2) is 42.5 Å². The zero-order valence-electron chi connectivity index (χ0n) is 10.4. The van der Waals surface area contributed by atoms with Gasteiger partial charge in [0.25, 0.3) is 0 Å². The molecule has 0 bridgehead atoms. The fraction of sp³-hybridized carbons (Fsp3) is 0. The molecule has 0 saturated carbocycles.